The summed E-state index contributed by atoms with van der Waals surface area (Å²) >= 11 is 16.2. The standard InChI is InChI=1S/C7H6Cl3NO/c8-7(9,10)12-6-3-1-2-5(11)4-6/h1-4H,11H2. The second-order valence-corrected chi connectivity index (χ2v) is 4.30. The molecular formula is C7H6Cl3NO. The highest BCUT2D eigenvalue weighted by Crippen LogP contribution is 2.30. The molecule has 0 aromatic heterocycles. The monoisotopic (exact) mass is 225 g/mol. The van der Waals surface area contributed by atoms with Crippen molar-refractivity contribution in [3.63, 3.8) is 0 Å². The molecule has 5 heteroatoms. The topological polar surface area (TPSA) is 35.2 Å². The van der Waals surface area contributed by atoms with Crippen molar-refractivity contribution in [2.24, 2.45) is 0 Å². The number of benzene rings is 1. The van der Waals surface area contributed by atoms with E-state index in [1.165, 1.54) is 0 Å². The fourth-order valence-corrected chi connectivity index (χ4v) is 0.979. The maximum Gasteiger partial charge on any atom is 0.338 e. The number of hydrogen-bond donors (Lipinski definition) is 1. The zero-order valence-corrected chi connectivity index (χ0v) is 8.20. The van der Waals surface area contributed by atoms with Gasteiger partial charge in [0.1, 0.15) is 5.75 Å². The van der Waals surface area contributed by atoms with Gasteiger partial charge in [-0.1, -0.05) is 6.07 Å². The highest BCUT2D eigenvalue weighted by atomic mass is 35.6. The van der Waals surface area contributed by atoms with Gasteiger partial charge < -0.3 is 10.5 Å². The Balaban J connectivity index is 2.77. The second-order valence-electron chi connectivity index (χ2n) is 2.12. The van der Waals surface area contributed by atoms with Gasteiger partial charge in [-0.25, -0.2) is 0 Å². The molecule has 0 aliphatic heterocycles. The van der Waals surface area contributed by atoms with Crippen molar-refractivity contribution in [3.05, 3.63) is 24.3 Å². The lowest BCUT2D eigenvalue weighted by atomic mass is 10.3. The molecule has 0 radical (unpaired) electrons. The number of nitrogen functional groups attached to an aromatic ring is 1. The zero-order chi connectivity index (χ0) is 9.19. The summed E-state index contributed by atoms with van der Waals surface area (Å²) in [5.74, 6) is 0.426. The maximum atomic E-state index is 5.47. The van der Waals surface area contributed by atoms with Crippen LogP contribution in [-0.4, -0.2) is 3.98 Å². The Labute approximate surface area is 85.2 Å². The van der Waals surface area contributed by atoms with Crippen LogP contribution in [0.3, 0.4) is 0 Å². The molecule has 0 unspecified atom stereocenters. The highest BCUT2D eigenvalue weighted by Gasteiger charge is 2.21. The summed E-state index contributed by atoms with van der Waals surface area (Å²) < 4.78 is 3.16. The van der Waals surface area contributed by atoms with Crippen LogP contribution in [0.15, 0.2) is 24.3 Å². The van der Waals surface area contributed by atoms with Gasteiger partial charge in [0.25, 0.3) is 0 Å². The summed E-state index contributed by atoms with van der Waals surface area (Å²) in [6.07, 6.45) is 0. The molecule has 1 rings (SSSR count). The average Bonchev–Trinajstić information content (AvgIpc) is 1.82. The van der Waals surface area contributed by atoms with Gasteiger partial charge in [0, 0.05) is 11.8 Å². The highest BCUT2D eigenvalue weighted by molar-refractivity contribution is 6.66. The van der Waals surface area contributed by atoms with E-state index in [-0.39, 0.29) is 0 Å². The molecule has 0 amide bonds. The van der Waals surface area contributed by atoms with Crippen molar-refractivity contribution in [2.45, 2.75) is 3.98 Å². The number of hydrogen-bond acceptors (Lipinski definition) is 2. The van der Waals surface area contributed by atoms with Crippen LogP contribution in [0.4, 0.5) is 5.69 Å². The summed E-state index contributed by atoms with van der Waals surface area (Å²) in [5, 5.41) is 0. The van der Waals surface area contributed by atoms with E-state index < -0.39 is 3.98 Å². The van der Waals surface area contributed by atoms with Crippen LogP contribution in [0.1, 0.15) is 0 Å². The molecule has 1 aromatic rings. The number of nitrogens with two attached hydrogens (primary N) is 1. The Morgan fingerprint density at radius 3 is 2.42 bits per heavy atom. The quantitative estimate of drug-likeness (QED) is 0.590. The third kappa shape index (κ3) is 3.39. The smallest absolute Gasteiger partial charge is 0.338 e. The van der Waals surface area contributed by atoms with Gasteiger partial charge in [-0.2, -0.15) is 0 Å². The van der Waals surface area contributed by atoms with Gasteiger partial charge in [0.2, 0.25) is 0 Å². The third-order valence-corrected chi connectivity index (χ3v) is 1.32. The molecule has 1 aromatic carbocycles. The van der Waals surface area contributed by atoms with E-state index in [0.717, 1.165) is 0 Å². The number of halogens is 3. The molecule has 0 bridgehead atoms. The van der Waals surface area contributed by atoms with Crippen LogP contribution in [0.5, 0.6) is 5.75 Å². The van der Waals surface area contributed by atoms with Gasteiger partial charge in [-0.15, -0.1) is 0 Å². The largest absolute Gasteiger partial charge is 0.446 e. The maximum absolute atomic E-state index is 5.47. The van der Waals surface area contributed by atoms with Crippen LogP contribution in [0.25, 0.3) is 0 Å². The normalized spacial score (nSPS) is 11.2. The zero-order valence-electron chi connectivity index (χ0n) is 5.93. The molecule has 12 heavy (non-hydrogen) atoms. The van der Waals surface area contributed by atoms with E-state index in [0.29, 0.717) is 11.4 Å². The van der Waals surface area contributed by atoms with E-state index in [1.54, 1.807) is 24.3 Å². The van der Waals surface area contributed by atoms with Crippen LogP contribution < -0.4 is 10.5 Å². The van der Waals surface area contributed by atoms with Gasteiger partial charge in [0.15, 0.2) is 0 Å². The first-order valence-electron chi connectivity index (χ1n) is 3.09. The molecule has 0 fully saturated rings. The fraction of sp³-hybridized carbons (Fsp3) is 0.143. The van der Waals surface area contributed by atoms with Crippen molar-refractivity contribution in [1.82, 2.24) is 0 Å². The van der Waals surface area contributed by atoms with Gasteiger partial charge >= 0.3 is 3.98 Å². The van der Waals surface area contributed by atoms with E-state index in [2.05, 4.69) is 0 Å². The van der Waals surface area contributed by atoms with E-state index in [4.69, 9.17) is 45.3 Å². The van der Waals surface area contributed by atoms with Crippen LogP contribution in [-0.2, 0) is 0 Å². The molecule has 0 heterocycles. The lowest BCUT2D eigenvalue weighted by molar-refractivity contribution is 0.320. The van der Waals surface area contributed by atoms with Gasteiger partial charge in [-0.05, 0) is 46.9 Å². The van der Waals surface area contributed by atoms with E-state index >= 15 is 0 Å². The predicted octanol–water partition coefficient (Wildman–Crippen LogP) is 2.98. The first-order chi connectivity index (χ1) is 5.47. The minimum atomic E-state index is -1.74. The summed E-state index contributed by atoms with van der Waals surface area (Å²) in [4.78, 5) is 0. The lowest BCUT2D eigenvalue weighted by Gasteiger charge is -2.13. The SMILES string of the molecule is Nc1cccc(OC(Cl)(Cl)Cl)c1. The first-order valence-corrected chi connectivity index (χ1v) is 4.22. The molecule has 0 saturated heterocycles. The number of ether oxygens (including phenoxy) is 1. The Morgan fingerprint density at radius 2 is 1.92 bits per heavy atom. The Morgan fingerprint density at radius 1 is 1.25 bits per heavy atom. The van der Waals surface area contributed by atoms with Crippen molar-refractivity contribution in [1.29, 1.82) is 0 Å². The Bertz CT molecular complexity index is 272. The Hall–Kier alpha value is -0.310. The number of anilines is 1. The fourth-order valence-electron chi connectivity index (χ4n) is 0.712. The summed E-state index contributed by atoms with van der Waals surface area (Å²) in [5.41, 5.74) is 6.03. The number of rotatable bonds is 1. The molecule has 0 saturated carbocycles. The first kappa shape index (κ1) is 9.78. The van der Waals surface area contributed by atoms with Crippen molar-refractivity contribution in [3.8, 4) is 5.75 Å². The molecule has 2 nitrogen and oxygen atoms in total. The molecule has 0 spiro atoms. The average molecular weight is 226 g/mol. The summed E-state index contributed by atoms with van der Waals surface area (Å²) in [6.45, 7) is 0. The minimum absolute atomic E-state index is 0.426. The van der Waals surface area contributed by atoms with Crippen LogP contribution in [0, 0.1) is 0 Å². The van der Waals surface area contributed by atoms with Gasteiger partial charge in [0.05, 0.1) is 0 Å². The molecular weight excluding hydrogens is 220 g/mol. The third-order valence-electron chi connectivity index (χ3n) is 1.09. The van der Waals surface area contributed by atoms with Crippen LogP contribution >= 0.6 is 34.8 Å². The molecule has 66 valence electrons. The van der Waals surface area contributed by atoms with Crippen molar-refractivity contribution >= 4 is 40.5 Å². The Kier molecular flexibility index (Phi) is 2.94. The molecule has 0 aliphatic rings. The van der Waals surface area contributed by atoms with Crippen molar-refractivity contribution < 1.29 is 4.74 Å². The lowest BCUT2D eigenvalue weighted by Crippen LogP contribution is -2.12. The second kappa shape index (κ2) is 3.60. The number of alkyl halides is 3. The minimum Gasteiger partial charge on any atom is -0.446 e. The summed E-state index contributed by atoms with van der Waals surface area (Å²) in [6, 6.07) is 6.65. The van der Waals surface area contributed by atoms with Crippen molar-refractivity contribution in [2.75, 3.05) is 5.73 Å². The molecule has 0 aliphatic carbocycles. The van der Waals surface area contributed by atoms with Crippen LogP contribution in [0.2, 0.25) is 0 Å². The molecule has 2 N–H and O–H groups in total. The molecule has 0 atom stereocenters. The van der Waals surface area contributed by atoms with Gasteiger partial charge in [-0.3, -0.25) is 0 Å². The van der Waals surface area contributed by atoms with E-state index in [1.807, 2.05) is 0 Å². The summed E-state index contributed by atoms with van der Waals surface area (Å²) in [7, 11) is 0. The predicted molar refractivity (Wildman–Crippen MR) is 51.8 cm³/mol. The van der Waals surface area contributed by atoms with E-state index in [9.17, 15) is 0 Å².